The molecule has 0 aromatic heterocycles. The maximum Gasteiger partial charge on any atom is 0.240 e. The van der Waals surface area contributed by atoms with Gasteiger partial charge in [0.05, 0.1) is 4.90 Å². The predicted octanol–water partition coefficient (Wildman–Crippen LogP) is 3.49. The Kier molecular flexibility index (Phi) is 6.76. The van der Waals surface area contributed by atoms with Crippen molar-refractivity contribution in [3.8, 4) is 0 Å². The van der Waals surface area contributed by atoms with Crippen molar-refractivity contribution in [1.82, 2.24) is 10.0 Å². The van der Waals surface area contributed by atoms with Crippen LogP contribution in [0.5, 0.6) is 0 Å². The van der Waals surface area contributed by atoms with E-state index in [0.717, 1.165) is 18.4 Å². The number of aryl methyl sites for hydroxylation is 1. The van der Waals surface area contributed by atoms with E-state index in [4.69, 9.17) is 0 Å². The first-order valence-electron chi connectivity index (χ1n) is 8.64. The van der Waals surface area contributed by atoms with E-state index < -0.39 is 10.0 Å². The molecule has 0 bridgehead atoms. The molecule has 0 spiro atoms. The molecule has 2 aromatic carbocycles. The normalized spacial score (nSPS) is 12.3. The summed E-state index contributed by atoms with van der Waals surface area (Å²) in [5, 5.41) is 3.39. The van der Waals surface area contributed by atoms with Crippen molar-refractivity contribution in [2.45, 2.75) is 50.6 Å². The molecule has 2 aromatic rings. The summed E-state index contributed by atoms with van der Waals surface area (Å²) in [7, 11) is -3.45. The van der Waals surface area contributed by atoms with Crippen molar-refractivity contribution in [1.29, 1.82) is 0 Å². The molecular formula is C20H28N2O2S. The predicted molar refractivity (Wildman–Crippen MR) is 103 cm³/mol. The minimum Gasteiger partial charge on any atom is -0.308 e. The molecule has 5 heteroatoms. The first-order valence-corrected chi connectivity index (χ1v) is 10.1. The Balaban J connectivity index is 1.84. The lowest BCUT2D eigenvalue weighted by molar-refractivity contribution is 0.424. The van der Waals surface area contributed by atoms with Crippen molar-refractivity contribution < 1.29 is 8.42 Å². The van der Waals surface area contributed by atoms with Gasteiger partial charge in [-0.05, 0) is 56.9 Å². The van der Waals surface area contributed by atoms with E-state index >= 15 is 0 Å². The van der Waals surface area contributed by atoms with Crippen LogP contribution in [0.25, 0.3) is 0 Å². The van der Waals surface area contributed by atoms with Gasteiger partial charge < -0.3 is 5.32 Å². The minimum atomic E-state index is -3.45. The van der Waals surface area contributed by atoms with Gasteiger partial charge in [0.15, 0.2) is 0 Å². The van der Waals surface area contributed by atoms with Crippen LogP contribution in [0.15, 0.2) is 59.5 Å². The van der Waals surface area contributed by atoms with Gasteiger partial charge in [-0.15, -0.1) is 0 Å². The molecule has 0 aliphatic rings. The van der Waals surface area contributed by atoms with Crippen LogP contribution in [-0.2, 0) is 23.0 Å². The molecule has 4 nitrogen and oxygen atoms in total. The molecule has 2 N–H and O–H groups in total. The quantitative estimate of drug-likeness (QED) is 0.709. The number of rotatable bonds is 8. The highest BCUT2D eigenvalue weighted by Gasteiger charge is 2.13. The maximum atomic E-state index is 12.3. The number of sulfonamides is 1. The van der Waals surface area contributed by atoms with Crippen molar-refractivity contribution in [2.75, 3.05) is 6.54 Å². The second-order valence-corrected chi connectivity index (χ2v) is 9.00. The minimum absolute atomic E-state index is 0.0328. The highest BCUT2D eigenvalue weighted by atomic mass is 32.2. The molecule has 0 unspecified atom stereocenters. The average molecular weight is 361 g/mol. The van der Waals surface area contributed by atoms with E-state index in [0.29, 0.717) is 18.0 Å². The fraction of sp³-hybridized carbons (Fsp3) is 0.400. The molecule has 0 fully saturated rings. The van der Waals surface area contributed by atoms with Crippen LogP contribution in [0.1, 0.15) is 38.3 Å². The van der Waals surface area contributed by atoms with Crippen LogP contribution in [0.2, 0.25) is 0 Å². The van der Waals surface area contributed by atoms with Crippen LogP contribution < -0.4 is 10.0 Å². The molecule has 0 saturated heterocycles. The standard InChI is InChI=1S/C20H28N2O2S/c1-20(2,3)21-16-18-11-13-19(14-12-18)25(23,24)22-15-7-10-17-8-5-4-6-9-17/h4-6,8-9,11-14,21-22H,7,10,15-16H2,1-3H3. The Labute approximate surface area is 151 Å². The summed E-state index contributed by atoms with van der Waals surface area (Å²) in [6.07, 6.45) is 1.64. The average Bonchev–Trinajstić information content (AvgIpc) is 2.58. The Morgan fingerprint density at radius 1 is 0.880 bits per heavy atom. The summed E-state index contributed by atoms with van der Waals surface area (Å²) in [5.41, 5.74) is 2.32. The third-order valence-electron chi connectivity index (χ3n) is 3.83. The first kappa shape index (κ1) is 19.6. The van der Waals surface area contributed by atoms with Crippen molar-refractivity contribution in [3.63, 3.8) is 0 Å². The van der Waals surface area contributed by atoms with Gasteiger partial charge in [-0.2, -0.15) is 0 Å². The topological polar surface area (TPSA) is 58.2 Å². The summed E-state index contributed by atoms with van der Waals surface area (Å²) in [5.74, 6) is 0. The molecule has 0 heterocycles. The van der Waals surface area contributed by atoms with Crippen molar-refractivity contribution in [2.24, 2.45) is 0 Å². The molecule has 0 radical (unpaired) electrons. The molecule has 2 rings (SSSR count). The largest absolute Gasteiger partial charge is 0.308 e. The third-order valence-corrected chi connectivity index (χ3v) is 5.31. The molecule has 0 saturated carbocycles. The van der Waals surface area contributed by atoms with Crippen LogP contribution in [0.3, 0.4) is 0 Å². The first-order chi connectivity index (χ1) is 11.8. The fourth-order valence-electron chi connectivity index (χ4n) is 2.38. The molecule has 136 valence electrons. The number of benzene rings is 2. The second kappa shape index (κ2) is 8.61. The molecule has 0 atom stereocenters. The van der Waals surface area contributed by atoms with Gasteiger partial charge >= 0.3 is 0 Å². The highest BCUT2D eigenvalue weighted by molar-refractivity contribution is 7.89. The number of hydrogen-bond acceptors (Lipinski definition) is 3. The lowest BCUT2D eigenvalue weighted by atomic mass is 10.1. The summed E-state index contributed by atoms with van der Waals surface area (Å²) in [4.78, 5) is 0.312. The van der Waals surface area contributed by atoms with E-state index in [2.05, 4.69) is 42.9 Å². The fourth-order valence-corrected chi connectivity index (χ4v) is 3.45. The summed E-state index contributed by atoms with van der Waals surface area (Å²) < 4.78 is 27.4. The van der Waals surface area contributed by atoms with Crippen LogP contribution in [0, 0.1) is 0 Å². The lowest BCUT2D eigenvalue weighted by Gasteiger charge is -2.20. The number of hydrogen-bond donors (Lipinski definition) is 2. The van der Waals surface area contributed by atoms with E-state index in [1.807, 2.05) is 30.3 Å². The highest BCUT2D eigenvalue weighted by Crippen LogP contribution is 2.12. The third kappa shape index (κ3) is 6.98. The van der Waals surface area contributed by atoms with Gasteiger partial charge in [-0.1, -0.05) is 42.5 Å². The Morgan fingerprint density at radius 2 is 1.52 bits per heavy atom. The summed E-state index contributed by atoms with van der Waals surface area (Å²) in [6, 6.07) is 17.1. The van der Waals surface area contributed by atoms with Crippen LogP contribution in [-0.4, -0.2) is 20.5 Å². The van der Waals surface area contributed by atoms with E-state index in [-0.39, 0.29) is 5.54 Å². The smallest absolute Gasteiger partial charge is 0.240 e. The molecule has 25 heavy (non-hydrogen) atoms. The van der Waals surface area contributed by atoms with Gasteiger partial charge in [0.1, 0.15) is 0 Å². The lowest BCUT2D eigenvalue weighted by Crippen LogP contribution is -2.35. The van der Waals surface area contributed by atoms with Gasteiger partial charge in [0.25, 0.3) is 0 Å². The molecule has 0 aliphatic carbocycles. The van der Waals surface area contributed by atoms with E-state index in [9.17, 15) is 8.42 Å². The van der Waals surface area contributed by atoms with E-state index in [1.54, 1.807) is 12.1 Å². The summed E-state index contributed by atoms with van der Waals surface area (Å²) >= 11 is 0. The van der Waals surface area contributed by atoms with Crippen molar-refractivity contribution in [3.05, 3.63) is 65.7 Å². The van der Waals surface area contributed by atoms with Crippen LogP contribution >= 0.6 is 0 Å². The summed E-state index contributed by atoms with van der Waals surface area (Å²) in [6.45, 7) is 7.46. The number of nitrogens with one attached hydrogen (secondary N) is 2. The SMILES string of the molecule is CC(C)(C)NCc1ccc(S(=O)(=O)NCCCc2ccccc2)cc1. The maximum absolute atomic E-state index is 12.3. The van der Waals surface area contributed by atoms with Gasteiger partial charge in [0.2, 0.25) is 10.0 Å². The van der Waals surface area contributed by atoms with Gasteiger partial charge in [-0.25, -0.2) is 13.1 Å². The van der Waals surface area contributed by atoms with Crippen molar-refractivity contribution >= 4 is 10.0 Å². The Hall–Kier alpha value is -1.69. The van der Waals surface area contributed by atoms with Gasteiger partial charge in [-0.3, -0.25) is 0 Å². The molecule has 0 amide bonds. The zero-order chi connectivity index (χ0) is 18.3. The molecule has 0 aliphatic heterocycles. The van der Waals surface area contributed by atoms with Crippen LogP contribution in [0.4, 0.5) is 0 Å². The molecular weight excluding hydrogens is 332 g/mol. The monoisotopic (exact) mass is 360 g/mol. The van der Waals surface area contributed by atoms with Gasteiger partial charge in [0, 0.05) is 18.6 Å². The second-order valence-electron chi connectivity index (χ2n) is 7.23. The van der Waals surface area contributed by atoms with E-state index in [1.165, 1.54) is 5.56 Å². The zero-order valence-corrected chi connectivity index (χ0v) is 16.1. The zero-order valence-electron chi connectivity index (χ0n) is 15.2. The Morgan fingerprint density at radius 3 is 2.12 bits per heavy atom. The Bertz CT molecular complexity index is 749.